The summed E-state index contributed by atoms with van der Waals surface area (Å²) in [7, 11) is 0. The smallest absolute Gasteiger partial charge is 0.309 e. The zero-order valence-corrected chi connectivity index (χ0v) is 33.5. The first-order chi connectivity index (χ1) is 28.1. The van der Waals surface area contributed by atoms with Crippen molar-refractivity contribution in [2.45, 2.75) is 70.5 Å². The number of carboxylic acids is 1. The van der Waals surface area contributed by atoms with Crippen molar-refractivity contribution in [3.8, 4) is 11.1 Å². The number of halogens is 3. The van der Waals surface area contributed by atoms with E-state index in [1.165, 1.54) is 6.08 Å². The zero-order valence-electron chi connectivity index (χ0n) is 32.0. The molecule has 2 bridgehead atoms. The minimum Gasteiger partial charge on any atom is -0.481 e. The van der Waals surface area contributed by atoms with E-state index in [-0.39, 0.29) is 23.1 Å². The number of carboxylic acid groups (broad SMARTS) is 1. The number of aromatic nitrogens is 3. The molecule has 5 aromatic rings. The molecular formula is C45H44Cl2FN7O3. The van der Waals surface area contributed by atoms with E-state index in [2.05, 4.69) is 36.9 Å². The van der Waals surface area contributed by atoms with Crippen molar-refractivity contribution in [2.75, 3.05) is 25.0 Å². The van der Waals surface area contributed by atoms with E-state index >= 15 is 4.39 Å². The fraction of sp³-hybridized carbons (Fsp3) is 0.356. The van der Waals surface area contributed by atoms with Gasteiger partial charge in [-0.15, -0.1) is 0 Å². The maximum absolute atomic E-state index is 15.9. The number of aliphatic carboxylic acids is 1. The maximum atomic E-state index is 15.9. The Labute approximate surface area is 346 Å². The number of nitrogens with zero attached hydrogens (tertiary/aromatic N) is 4. The quantitative estimate of drug-likeness (QED) is 0.0974. The molecule has 4 aliphatic rings. The second-order valence-corrected chi connectivity index (χ2v) is 17.3. The molecule has 1 saturated heterocycles. The largest absolute Gasteiger partial charge is 0.481 e. The van der Waals surface area contributed by atoms with Crippen molar-refractivity contribution in [3.05, 3.63) is 111 Å². The van der Waals surface area contributed by atoms with Gasteiger partial charge >= 0.3 is 5.97 Å². The van der Waals surface area contributed by atoms with Gasteiger partial charge in [-0.3, -0.25) is 24.5 Å². The molecule has 3 aromatic heterocycles. The lowest BCUT2D eigenvalue weighted by atomic mass is 9.81. The third-order valence-electron chi connectivity index (χ3n) is 12.7. The fourth-order valence-electron chi connectivity index (χ4n) is 9.63. The van der Waals surface area contributed by atoms with Gasteiger partial charge in [-0.05, 0) is 103 Å². The van der Waals surface area contributed by atoms with E-state index in [4.69, 9.17) is 28.2 Å². The Hall–Kier alpha value is -4.94. The van der Waals surface area contributed by atoms with Gasteiger partial charge in [-0.1, -0.05) is 53.5 Å². The molecule has 1 atom stereocenters. The number of hydrogen-bond donors (Lipinski definition) is 4. The summed E-state index contributed by atoms with van der Waals surface area (Å²) in [6, 6.07) is 17.0. The average molecular weight is 821 g/mol. The first-order valence-electron chi connectivity index (χ1n) is 20.0. The Kier molecular flexibility index (Phi) is 10.4. The number of hydrogen-bond acceptors (Lipinski definition) is 8. The molecule has 10 nitrogen and oxygen atoms in total. The van der Waals surface area contributed by atoms with Crippen LogP contribution in [-0.4, -0.2) is 62.5 Å². The summed E-state index contributed by atoms with van der Waals surface area (Å²) in [5.74, 6) is -0.466. The van der Waals surface area contributed by atoms with Crippen molar-refractivity contribution < 1.29 is 19.1 Å². The van der Waals surface area contributed by atoms with E-state index in [0.29, 0.717) is 63.3 Å². The summed E-state index contributed by atoms with van der Waals surface area (Å²) in [4.78, 5) is 39.7. The second-order valence-electron chi connectivity index (χ2n) is 16.6. The molecule has 5 heterocycles. The van der Waals surface area contributed by atoms with Gasteiger partial charge < -0.3 is 21.1 Å². The van der Waals surface area contributed by atoms with Crippen molar-refractivity contribution in [2.24, 2.45) is 10.8 Å². The van der Waals surface area contributed by atoms with Crippen LogP contribution in [0.1, 0.15) is 72.9 Å². The van der Waals surface area contributed by atoms with Crippen LogP contribution < -0.4 is 16.0 Å². The highest BCUT2D eigenvalue weighted by molar-refractivity contribution is 6.39. The number of pyridine rings is 3. The van der Waals surface area contributed by atoms with Crippen LogP contribution in [0.4, 0.5) is 15.9 Å². The van der Waals surface area contributed by atoms with Crippen molar-refractivity contribution in [3.63, 3.8) is 0 Å². The Morgan fingerprint density at radius 1 is 0.983 bits per heavy atom. The monoisotopic (exact) mass is 819 g/mol. The van der Waals surface area contributed by atoms with Gasteiger partial charge in [-0.2, -0.15) is 0 Å². The first-order valence-corrected chi connectivity index (χ1v) is 20.7. The molecule has 0 spiro atoms. The lowest BCUT2D eigenvalue weighted by molar-refractivity contribution is -0.148. The summed E-state index contributed by atoms with van der Waals surface area (Å²) in [5, 5.41) is 21.3. The number of carbonyl (C=O) groups excluding carboxylic acids is 1. The molecule has 3 fully saturated rings. The molecule has 2 aliphatic heterocycles. The van der Waals surface area contributed by atoms with Gasteiger partial charge in [-0.25, -0.2) is 9.37 Å². The van der Waals surface area contributed by atoms with Crippen LogP contribution >= 0.6 is 23.2 Å². The van der Waals surface area contributed by atoms with Gasteiger partial charge in [0.15, 0.2) is 5.82 Å². The van der Waals surface area contributed by atoms with Crippen molar-refractivity contribution in [1.82, 2.24) is 30.5 Å². The lowest BCUT2D eigenvalue weighted by Gasteiger charge is -2.36. The SMILES string of the molecule is O=C1CCC(CNCc2cnc3c(Nc4cccc(-c5cccc(C=C(F)c6cc7c(cn6)CN(CC68CCC(C(=O)O)(CC6)C8)CC7)c5Cl)c4Cl)nccc3c2)N1. The van der Waals surface area contributed by atoms with Gasteiger partial charge in [0, 0.05) is 80.3 Å². The van der Waals surface area contributed by atoms with Crippen LogP contribution in [0.2, 0.25) is 10.0 Å². The predicted octanol–water partition coefficient (Wildman–Crippen LogP) is 8.97. The van der Waals surface area contributed by atoms with E-state index in [9.17, 15) is 14.7 Å². The van der Waals surface area contributed by atoms with Crippen LogP contribution in [0.3, 0.4) is 0 Å². The Balaban J connectivity index is 0.884. The molecule has 9 rings (SSSR count). The number of nitrogens with one attached hydrogen (secondary N) is 3. The number of benzene rings is 2. The highest BCUT2D eigenvalue weighted by Gasteiger charge is 2.58. The number of fused-ring (bicyclic) bond motifs is 4. The predicted molar refractivity (Wildman–Crippen MR) is 225 cm³/mol. The summed E-state index contributed by atoms with van der Waals surface area (Å²) < 4.78 is 15.9. The highest BCUT2D eigenvalue weighted by atomic mass is 35.5. The summed E-state index contributed by atoms with van der Waals surface area (Å²) in [5.41, 5.74) is 6.13. The van der Waals surface area contributed by atoms with Crippen LogP contribution in [-0.2, 0) is 29.1 Å². The third-order valence-corrected chi connectivity index (χ3v) is 13.6. The van der Waals surface area contributed by atoms with Gasteiger partial charge in [0.05, 0.1) is 26.8 Å². The van der Waals surface area contributed by atoms with Gasteiger partial charge in [0.2, 0.25) is 5.91 Å². The maximum Gasteiger partial charge on any atom is 0.309 e. The standard InChI is InChI=1S/C45H44Cl2FN7O3/c46-39-29(18-35(48)37-19-28-10-16-55(24-31(28)22-51-37)26-44-11-13-45(25-44,14-12-44)43(57)58)3-1-4-33(39)34-5-2-6-36(40(34)47)54-42-41-30(9-15-50-42)17-27(21-52-41)20-49-23-32-7-8-38(56)53-32/h1-6,9,15,17-19,21-22,32,49H,7-8,10-14,16,20,23-26H2,(H,50,54)(H,53,56)(H,57,58). The number of carbonyl (C=O) groups is 2. The molecule has 1 amide bonds. The molecule has 298 valence electrons. The van der Waals surface area contributed by atoms with Gasteiger partial charge in [0.25, 0.3) is 0 Å². The van der Waals surface area contributed by atoms with Crippen LogP contribution in [0.15, 0.2) is 73.2 Å². The third kappa shape index (κ3) is 7.56. The van der Waals surface area contributed by atoms with Crippen molar-refractivity contribution >= 4 is 69.4 Å². The molecular weight excluding hydrogens is 776 g/mol. The second kappa shape index (κ2) is 15.7. The topological polar surface area (TPSA) is 132 Å². The summed E-state index contributed by atoms with van der Waals surface area (Å²) in [6.07, 6.45) is 13.2. The van der Waals surface area contributed by atoms with E-state index in [1.807, 2.05) is 48.7 Å². The van der Waals surface area contributed by atoms with E-state index in [1.54, 1.807) is 18.5 Å². The zero-order chi connectivity index (χ0) is 40.0. The average Bonchev–Trinajstić information content (AvgIpc) is 3.93. The van der Waals surface area contributed by atoms with Crippen LogP contribution in [0.5, 0.6) is 0 Å². The van der Waals surface area contributed by atoms with Gasteiger partial charge in [0.1, 0.15) is 11.3 Å². The fourth-order valence-corrected chi connectivity index (χ4v) is 10.2. The Morgan fingerprint density at radius 2 is 1.79 bits per heavy atom. The van der Waals surface area contributed by atoms with E-state index in [0.717, 1.165) is 86.7 Å². The molecule has 1 unspecified atom stereocenters. The number of anilines is 2. The Morgan fingerprint density at radius 3 is 2.57 bits per heavy atom. The molecule has 2 saturated carbocycles. The van der Waals surface area contributed by atoms with Crippen LogP contribution in [0, 0.1) is 10.8 Å². The minimum absolute atomic E-state index is 0.0844. The highest BCUT2D eigenvalue weighted by Crippen LogP contribution is 2.62. The Bertz CT molecular complexity index is 2470. The lowest BCUT2D eigenvalue weighted by Crippen LogP contribution is -2.38. The molecule has 2 aromatic carbocycles. The van der Waals surface area contributed by atoms with E-state index < -0.39 is 17.2 Å². The van der Waals surface area contributed by atoms with Crippen molar-refractivity contribution in [1.29, 1.82) is 0 Å². The number of rotatable bonds is 12. The summed E-state index contributed by atoms with van der Waals surface area (Å²) in [6.45, 7) is 3.80. The number of amides is 1. The molecule has 0 radical (unpaired) electrons. The molecule has 4 N–H and O–H groups in total. The first kappa shape index (κ1) is 38.6. The minimum atomic E-state index is -0.636. The molecule has 58 heavy (non-hydrogen) atoms. The summed E-state index contributed by atoms with van der Waals surface area (Å²) >= 11 is 14.0. The molecule has 13 heteroatoms. The van der Waals surface area contributed by atoms with Crippen LogP contribution in [0.25, 0.3) is 33.9 Å². The normalized spacial score (nSPS) is 23.0. The molecule has 2 aliphatic carbocycles.